The summed E-state index contributed by atoms with van der Waals surface area (Å²) in [7, 11) is -3.42. The zero-order valence-corrected chi connectivity index (χ0v) is 14.5. The topological polar surface area (TPSA) is 37.4 Å². The van der Waals surface area contributed by atoms with Crippen molar-refractivity contribution in [1.29, 1.82) is 0 Å². The van der Waals surface area contributed by atoms with Crippen LogP contribution in [0.4, 0.5) is 0 Å². The Balaban J connectivity index is 2.38. The SMILES string of the molecule is CC(C)CN(C1CCCC1)S(=O)(=O)c1ccccc1Br. The molecule has 0 aliphatic heterocycles. The van der Waals surface area contributed by atoms with Crippen LogP contribution in [0.25, 0.3) is 0 Å². The van der Waals surface area contributed by atoms with Gasteiger partial charge in [0.1, 0.15) is 0 Å². The zero-order chi connectivity index (χ0) is 14.8. The highest BCUT2D eigenvalue weighted by molar-refractivity contribution is 9.10. The van der Waals surface area contributed by atoms with Gasteiger partial charge in [0, 0.05) is 17.1 Å². The third-order valence-corrected chi connectivity index (χ3v) is 6.63. The first-order chi connectivity index (χ1) is 9.43. The molecule has 1 aromatic rings. The van der Waals surface area contributed by atoms with Crippen LogP contribution in [0.15, 0.2) is 33.6 Å². The van der Waals surface area contributed by atoms with E-state index in [0.29, 0.717) is 21.8 Å². The van der Waals surface area contributed by atoms with Crippen molar-refractivity contribution < 1.29 is 8.42 Å². The molecule has 0 atom stereocenters. The van der Waals surface area contributed by atoms with Crippen LogP contribution >= 0.6 is 15.9 Å². The summed E-state index contributed by atoms with van der Waals surface area (Å²) < 4.78 is 28.3. The molecule has 0 bridgehead atoms. The van der Waals surface area contributed by atoms with E-state index in [1.807, 2.05) is 6.07 Å². The first-order valence-corrected chi connectivity index (χ1v) is 9.42. The Bertz CT molecular complexity index is 551. The minimum atomic E-state index is -3.42. The Kier molecular flexibility index (Phi) is 5.26. The van der Waals surface area contributed by atoms with Gasteiger partial charge in [0.15, 0.2) is 0 Å². The van der Waals surface area contributed by atoms with Crippen LogP contribution in [0, 0.1) is 5.92 Å². The quantitative estimate of drug-likeness (QED) is 0.795. The molecule has 0 aromatic heterocycles. The van der Waals surface area contributed by atoms with Gasteiger partial charge < -0.3 is 0 Å². The van der Waals surface area contributed by atoms with E-state index >= 15 is 0 Å². The van der Waals surface area contributed by atoms with Gasteiger partial charge in [-0.3, -0.25) is 0 Å². The number of benzene rings is 1. The number of hydrogen-bond donors (Lipinski definition) is 0. The fraction of sp³-hybridized carbons (Fsp3) is 0.600. The highest BCUT2D eigenvalue weighted by atomic mass is 79.9. The van der Waals surface area contributed by atoms with E-state index in [0.717, 1.165) is 25.7 Å². The first kappa shape index (κ1) is 16.0. The molecule has 1 fully saturated rings. The van der Waals surface area contributed by atoms with Crippen molar-refractivity contribution in [2.24, 2.45) is 5.92 Å². The molecule has 1 aliphatic carbocycles. The summed E-state index contributed by atoms with van der Waals surface area (Å²) in [5, 5.41) is 0. The van der Waals surface area contributed by atoms with Crippen molar-refractivity contribution in [3.05, 3.63) is 28.7 Å². The summed E-state index contributed by atoms with van der Waals surface area (Å²) in [5.41, 5.74) is 0. The van der Waals surface area contributed by atoms with Crippen LogP contribution in [0.1, 0.15) is 39.5 Å². The summed E-state index contributed by atoms with van der Waals surface area (Å²) in [6.07, 6.45) is 4.22. The Morgan fingerprint density at radius 2 is 1.85 bits per heavy atom. The van der Waals surface area contributed by atoms with Crippen LogP contribution < -0.4 is 0 Å². The minimum Gasteiger partial charge on any atom is -0.207 e. The van der Waals surface area contributed by atoms with Crippen molar-refractivity contribution in [2.45, 2.75) is 50.5 Å². The average molecular weight is 360 g/mol. The van der Waals surface area contributed by atoms with Gasteiger partial charge in [-0.25, -0.2) is 8.42 Å². The second-order valence-corrected chi connectivity index (χ2v) is 8.55. The van der Waals surface area contributed by atoms with Gasteiger partial charge in [0.2, 0.25) is 10.0 Å². The Labute approximate surface area is 130 Å². The molecule has 1 saturated carbocycles. The highest BCUT2D eigenvalue weighted by Gasteiger charge is 2.34. The number of halogens is 1. The molecule has 0 amide bonds. The lowest BCUT2D eigenvalue weighted by molar-refractivity contribution is 0.292. The fourth-order valence-electron chi connectivity index (χ4n) is 2.78. The van der Waals surface area contributed by atoms with Gasteiger partial charge in [-0.05, 0) is 46.8 Å². The summed E-state index contributed by atoms with van der Waals surface area (Å²) in [6, 6.07) is 7.25. The molecule has 0 unspecified atom stereocenters. The maximum atomic E-state index is 13.0. The van der Waals surface area contributed by atoms with Crippen LogP contribution in [0.5, 0.6) is 0 Å². The van der Waals surface area contributed by atoms with E-state index in [4.69, 9.17) is 0 Å². The first-order valence-electron chi connectivity index (χ1n) is 7.19. The molecule has 2 rings (SSSR count). The van der Waals surface area contributed by atoms with E-state index < -0.39 is 10.0 Å². The Morgan fingerprint density at radius 1 is 1.25 bits per heavy atom. The third kappa shape index (κ3) is 3.43. The van der Waals surface area contributed by atoms with Gasteiger partial charge in [0.05, 0.1) is 4.90 Å². The third-order valence-electron chi connectivity index (χ3n) is 3.70. The maximum absolute atomic E-state index is 13.0. The minimum absolute atomic E-state index is 0.162. The second-order valence-electron chi connectivity index (χ2n) is 5.84. The Morgan fingerprint density at radius 3 is 2.40 bits per heavy atom. The van der Waals surface area contributed by atoms with Crippen LogP contribution in [0.2, 0.25) is 0 Å². The molecule has 0 heterocycles. The van der Waals surface area contributed by atoms with Crippen LogP contribution in [-0.2, 0) is 10.0 Å². The van der Waals surface area contributed by atoms with Crippen molar-refractivity contribution >= 4 is 26.0 Å². The van der Waals surface area contributed by atoms with E-state index in [9.17, 15) is 8.42 Å². The summed E-state index contributed by atoms with van der Waals surface area (Å²) in [6.45, 7) is 4.73. The molecular weight excluding hydrogens is 338 g/mol. The lowest BCUT2D eigenvalue weighted by Gasteiger charge is -2.30. The number of nitrogens with zero attached hydrogens (tertiary/aromatic N) is 1. The van der Waals surface area contributed by atoms with Gasteiger partial charge in [-0.2, -0.15) is 4.31 Å². The molecule has 3 nitrogen and oxygen atoms in total. The molecule has 0 N–H and O–H groups in total. The van der Waals surface area contributed by atoms with Crippen LogP contribution in [-0.4, -0.2) is 25.3 Å². The molecule has 20 heavy (non-hydrogen) atoms. The molecule has 5 heteroatoms. The van der Waals surface area contributed by atoms with E-state index in [-0.39, 0.29) is 6.04 Å². The average Bonchev–Trinajstić information content (AvgIpc) is 2.89. The molecule has 0 radical (unpaired) electrons. The van der Waals surface area contributed by atoms with E-state index in [2.05, 4.69) is 29.8 Å². The second kappa shape index (κ2) is 6.58. The molecular formula is C15H22BrNO2S. The van der Waals surface area contributed by atoms with Gasteiger partial charge in [-0.1, -0.05) is 38.8 Å². The lowest BCUT2D eigenvalue weighted by atomic mass is 10.2. The monoisotopic (exact) mass is 359 g/mol. The standard InChI is InChI=1S/C15H22BrNO2S/c1-12(2)11-17(13-7-3-4-8-13)20(18,19)15-10-6-5-9-14(15)16/h5-6,9-10,12-13H,3-4,7-8,11H2,1-2H3. The summed E-state index contributed by atoms with van der Waals surface area (Å²) >= 11 is 3.37. The van der Waals surface area contributed by atoms with E-state index in [1.54, 1.807) is 22.5 Å². The molecule has 0 spiro atoms. The van der Waals surface area contributed by atoms with Crippen molar-refractivity contribution in [3.63, 3.8) is 0 Å². The van der Waals surface area contributed by atoms with E-state index in [1.165, 1.54) is 0 Å². The number of rotatable bonds is 5. The normalized spacial score (nSPS) is 17.2. The smallest absolute Gasteiger partial charge is 0.207 e. The number of sulfonamides is 1. The van der Waals surface area contributed by atoms with Crippen molar-refractivity contribution in [1.82, 2.24) is 4.31 Å². The maximum Gasteiger partial charge on any atom is 0.244 e. The summed E-state index contributed by atoms with van der Waals surface area (Å²) in [4.78, 5) is 0.382. The molecule has 0 saturated heterocycles. The van der Waals surface area contributed by atoms with Crippen LogP contribution in [0.3, 0.4) is 0 Å². The number of hydrogen-bond acceptors (Lipinski definition) is 2. The molecule has 112 valence electrons. The van der Waals surface area contributed by atoms with Crippen molar-refractivity contribution in [2.75, 3.05) is 6.54 Å². The molecule has 1 aliphatic rings. The predicted octanol–water partition coefficient (Wildman–Crippen LogP) is 4.04. The largest absolute Gasteiger partial charge is 0.244 e. The predicted molar refractivity (Wildman–Crippen MR) is 85.1 cm³/mol. The van der Waals surface area contributed by atoms with Crippen molar-refractivity contribution in [3.8, 4) is 0 Å². The Hall–Kier alpha value is -0.390. The fourth-order valence-corrected chi connectivity index (χ4v) is 5.59. The van der Waals surface area contributed by atoms with Gasteiger partial charge >= 0.3 is 0 Å². The molecule has 1 aromatic carbocycles. The zero-order valence-electron chi connectivity index (χ0n) is 12.0. The highest BCUT2D eigenvalue weighted by Crippen LogP contribution is 2.32. The van der Waals surface area contributed by atoms with Gasteiger partial charge in [-0.15, -0.1) is 0 Å². The lowest BCUT2D eigenvalue weighted by Crippen LogP contribution is -2.41. The summed E-state index contributed by atoms with van der Waals surface area (Å²) in [5.74, 6) is 0.327. The van der Waals surface area contributed by atoms with Gasteiger partial charge in [0.25, 0.3) is 0 Å².